The molecule has 0 unspecified atom stereocenters. The van der Waals surface area contributed by atoms with Crippen molar-refractivity contribution in [1.82, 2.24) is 20.1 Å². The Morgan fingerprint density at radius 3 is 2.48 bits per heavy atom. The maximum absolute atomic E-state index is 5.46. The summed E-state index contributed by atoms with van der Waals surface area (Å²) in [6.07, 6.45) is 3.86. The summed E-state index contributed by atoms with van der Waals surface area (Å²) in [5.74, 6) is 3.17. The van der Waals surface area contributed by atoms with Gasteiger partial charge in [0.25, 0.3) is 0 Å². The van der Waals surface area contributed by atoms with Crippen LogP contribution in [0.25, 0.3) is 11.0 Å². The number of halogens is 1. The second-order valence-corrected chi connectivity index (χ2v) is 6.62. The van der Waals surface area contributed by atoms with E-state index in [9.17, 15) is 0 Å². The third-order valence-electron chi connectivity index (χ3n) is 4.58. The Morgan fingerprint density at radius 1 is 1.08 bits per heavy atom. The van der Waals surface area contributed by atoms with Gasteiger partial charge in [-0.05, 0) is 25.0 Å². The third-order valence-corrected chi connectivity index (χ3v) is 4.58. The van der Waals surface area contributed by atoms with Crippen LogP contribution in [0.15, 0.2) is 35.0 Å². The molecule has 1 aliphatic rings. The third kappa shape index (κ3) is 3.58. The second kappa shape index (κ2) is 7.35. The van der Waals surface area contributed by atoms with E-state index < -0.39 is 0 Å². The van der Waals surface area contributed by atoms with Crippen molar-refractivity contribution in [3.05, 3.63) is 42.2 Å². The SMILES string of the molecule is CC(C)c1noc(C2CCN(c3cnc4ccccc4n3)CC2)n1.Cl. The molecule has 132 valence electrons. The zero-order valence-corrected chi connectivity index (χ0v) is 15.2. The molecule has 1 fully saturated rings. The van der Waals surface area contributed by atoms with E-state index in [0.717, 1.165) is 54.5 Å². The van der Waals surface area contributed by atoms with E-state index in [4.69, 9.17) is 9.51 Å². The average molecular weight is 360 g/mol. The molecule has 6 nitrogen and oxygen atoms in total. The standard InChI is InChI=1S/C18H21N5O.ClH/c1-12(2)17-21-18(24-22-17)13-7-9-23(10-8-13)16-11-19-14-5-3-4-6-15(14)20-16;/h3-6,11-13H,7-10H2,1-2H3;1H. The molecule has 7 heteroatoms. The van der Waals surface area contributed by atoms with Gasteiger partial charge in [-0.3, -0.25) is 4.98 Å². The molecule has 4 rings (SSSR count). The molecular weight excluding hydrogens is 338 g/mol. The van der Waals surface area contributed by atoms with Crippen LogP contribution in [-0.4, -0.2) is 33.2 Å². The molecule has 25 heavy (non-hydrogen) atoms. The van der Waals surface area contributed by atoms with Crippen molar-refractivity contribution in [1.29, 1.82) is 0 Å². The highest BCUT2D eigenvalue weighted by Gasteiger charge is 2.26. The van der Waals surface area contributed by atoms with Crippen LogP contribution in [0.5, 0.6) is 0 Å². The molecule has 0 radical (unpaired) electrons. The van der Waals surface area contributed by atoms with Crippen LogP contribution in [0.3, 0.4) is 0 Å². The first-order valence-electron chi connectivity index (χ1n) is 8.51. The van der Waals surface area contributed by atoms with Crippen LogP contribution in [-0.2, 0) is 0 Å². The van der Waals surface area contributed by atoms with Gasteiger partial charge in [-0.1, -0.05) is 31.1 Å². The monoisotopic (exact) mass is 359 g/mol. The van der Waals surface area contributed by atoms with E-state index in [1.54, 1.807) is 0 Å². The highest BCUT2D eigenvalue weighted by atomic mass is 35.5. The Labute approximate surface area is 153 Å². The molecule has 0 amide bonds. The predicted octanol–water partition coefficient (Wildman–Crippen LogP) is 3.94. The normalized spacial score (nSPS) is 15.6. The van der Waals surface area contributed by atoms with Crippen molar-refractivity contribution >= 4 is 29.3 Å². The zero-order chi connectivity index (χ0) is 16.5. The first-order chi connectivity index (χ1) is 11.7. The summed E-state index contributed by atoms with van der Waals surface area (Å²) in [5, 5.41) is 4.08. The summed E-state index contributed by atoms with van der Waals surface area (Å²) in [7, 11) is 0. The lowest BCUT2D eigenvalue weighted by molar-refractivity contribution is 0.325. The van der Waals surface area contributed by atoms with Gasteiger partial charge in [0.1, 0.15) is 5.82 Å². The van der Waals surface area contributed by atoms with Gasteiger partial charge in [0.15, 0.2) is 5.82 Å². The molecule has 0 saturated carbocycles. The lowest BCUT2D eigenvalue weighted by Crippen LogP contribution is -2.33. The summed E-state index contributed by atoms with van der Waals surface area (Å²) in [4.78, 5) is 16.1. The van der Waals surface area contributed by atoms with Gasteiger partial charge in [-0.25, -0.2) is 4.98 Å². The second-order valence-electron chi connectivity index (χ2n) is 6.62. The van der Waals surface area contributed by atoms with Crippen molar-refractivity contribution in [2.75, 3.05) is 18.0 Å². The van der Waals surface area contributed by atoms with Gasteiger partial charge in [0.2, 0.25) is 5.89 Å². The van der Waals surface area contributed by atoms with Crippen molar-refractivity contribution in [3.8, 4) is 0 Å². The highest BCUT2D eigenvalue weighted by molar-refractivity contribution is 5.85. The fourth-order valence-electron chi connectivity index (χ4n) is 3.10. The number of benzene rings is 1. The van der Waals surface area contributed by atoms with Gasteiger partial charge < -0.3 is 9.42 Å². The number of aromatic nitrogens is 4. The summed E-state index contributed by atoms with van der Waals surface area (Å²) in [5.41, 5.74) is 1.87. The summed E-state index contributed by atoms with van der Waals surface area (Å²) < 4.78 is 5.46. The predicted molar refractivity (Wildman–Crippen MR) is 99.4 cm³/mol. The molecule has 0 spiro atoms. The van der Waals surface area contributed by atoms with Crippen molar-refractivity contribution in [3.63, 3.8) is 0 Å². The fourth-order valence-corrected chi connectivity index (χ4v) is 3.10. The van der Waals surface area contributed by atoms with Crippen molar-refractivity contribution < 1.29 is 4.52 Å². The zero-order valence-electron chi connectivity index (χ0n) is 14.4. The minimum atomic E-state index is 0. The average Bonchev–Trinajstić information content (AvgIpc) is 3.12. The van der Waals surface area contributed by atoms with Crippen LogP contribution in [0.2, 0.25) is 0 Å². The topological polar surface area (TPSA) is 67.9 Å². The quantitative estimate of drug-likeness (QED) is 0.705. The van der Waals surface area contributed by atoms with Crippen molar-refractivity contribution in [2.45, 2.75) is 38.5 Å². The number of nitrogens with zero attached hydrogens (tertiary/aromatic N) is 5. The smallest absolute Gasteiger partial charge is 0.229 e. The van der Waals surface area contributed by atoms with Gasteiger partial charge >= 0.3 is 0 Å². The van der Waals surface area contributed by atoms with Gasteiger partial charge in [-0.15, -0.1) is 12.4 Å². The molecule has 0 aliphatic carbocycles. The Kier molecular flexibility index (Phi) is 5.18. The molecular formula is C18H22ClN5O. The van der Waals surface area contributed by atoms with E-state index in [-0.39, 0.29) is 12.4 Å². The summed E-state index contributed by atoms with van der Waals surface area (Å²) in [6.45, 7) is 6.01. The fraction of sp³-hybridized carbons (Fsp3) is 0.444. The molecule has 1 aliphatic heterocycles. The maximum Gasteiger partial charge on any atom is 0.229 e. The number of hydrogen-bond acceptors (Lipinski definition) is 6. The molecule has 1 saturated heterocycles. The minimum absolute atomic E-state index is 0. The Bertz CT molecular complexity index is 842. The number of anilines is 1. The molecule has 0 atom stereocenters. The number of piperidine rings is 1. The van der Waals surface area contributed by atoms with Crippen LogP contribution in [0.1, 0.15) is 50.2 Å². The van der Waals surface area contributed by atoms with E-state index in [0.29, 0.717) is 11.8 Å². The van der Waals surface area contributed by atoms with Crippen LogP contribution < -0.4 is 4.90 Å². The van der Waals surface area contributed by atoms with Gasteiger partial charge in [-0.2, -0.15) is 4.98 Å². The minimum Gasteiger partial charge on any atom is -0.355 e. The largest absolute Gasteiger partial charge is 0.355 e. The van der Waals surface area contributed by atoms with E-state index in [1.165, 1.54) is 0 Å². The first kappa shape index (κ1) is 17.6. The summed E-state index contributed by atoms with van der Waals surface area (Å²) in [6, 6.07) is 7.97. The molecule has 1 aromatic carbocycles. The number of rotatable bonds is 3. The molecule has 0 N–H and O–H groups in total. The van der Waals surface area contributed by atoms with Crippen LogP contribution in [0.4, 0.5) is 5.82 Å². The number of para-hydroxylation sites is 2. The van der Waals surface area contributed by atoms with E-state index in [1.807, 2.05) is 30.5 Å². The number of fused-ring (bicyclic) bond motifs is 1. The Balaban J connectivity index is 0.00000182. The molecule has 2 aromatic heterocycles. The molecule has 0 bridgehead atoms. The Morgan fingerprint density at radius 2 is 1.80 bits per heavy atom. The number of hydrogen-bond donors (Lipinski definition) is 0. The molecule has 3 aromatic rings. The van der Waals surface area contributed by atoms with Crippen LogP contribution in [0, 0.1) is 0 Å². The molecule has 3 heterocycles. The van der Waals surface area contributed by atoms with E-state index >= 15 is 0 Å². The summed E-state index contributed by atoms with van der Waals surface area (Å²) >= 11 is 0. The Hall–Kier alpha value is -2.21. The first-order valence-corrected chi connectivity index (χ1v) is 8.51. The van der Waals surface area contributed by atoms with Crippen LogP contribution >= 0.6 is 12.4 Å². The lowest BCUT2D eigenvalue weighted by atomic mass is 9.97. The lowest BCUT2D eigenvalue weighted by Gasteiger charge is -2.31. The highest BCUT2D eigenvalue weighted by Crippen LogP contribution is 2.29. The van der Waals surface area contributed by atoms with Crippen molar-refractivity contribution in [2.24, 2.45) is 0 Å². The van der Waals surface area contributed by atoms with E-state index in [2.05, 4.69) is 33.9 Å². The van der Waals surface area contributed by atoms with Gasteiger partial charge in [0, 0.05) is 24.9 Å². The maximum atomic E-state index is 5.46. The van der Waals surface area contributed by atoms with Gasteiger partial charge in [0.05, 0.1) is 17.2 Å².